The van der Waals surface area contributed by atoms with E-state index in [-0.39, 0.29) is 6.10 Å². The van der Waals surface area contributed by atoms with E-state index in [1.807, 2.05) is 6.92 Å². The summed E-state index contributed by atoms with van der Waals surface area (Å²) in [5, 5.41) is 9.11. The molecule has 8 heavy (non-hydrogen) atoms. The molecule has 1 unspecified atom stereocenters. The molecule has 1 aliphatic rings. The summed E-state index contributed by atoms with van der Waals surface area (Å²) in [6, 6.07) is 0. The molecule has 0 amide bonds. The molecular weight excluding hydrogens is 100 g/mol. The maximum Gasteiger partial charge on any atom is 0.0747 e. The summed E-state index contributed by atoms with van der Waals surface area (Å²) in [6.45, 7) is 1.99. The van der Waals surface area contributed by atoms with Crippen LogP contribution in [0.1, 0.15) is 26.2 Å². The fraction of sp³-hybridized carbons (Fsp3) is 0.714. The molecule has 0 heterocycles. The number of allylic oxidation sites excluding steroid dienone is 1. The van der Waals surface area contributed by atoms with Gasteiger partial charge in [-0.3, -0.25) is 0 Å². The van der Waals surface area contributed by atoms with E-state index in [0.717, 1.165) is 24.8 Å². The Balaban J connectivity index is 2.53. The second-order valence-corrected chi connectivity index (χ2v) is 2.39. The minimum atomic E-state index is -0.135. The molecule has 0 saturated carbocycles. The molecule has 1 aliphatic carbocycles. The lowest BCUT2D eigenvalue weighted by atomic mass is 9.98. The number of aliphatic hydroxyl groups is 1. The van der Waals surface area contributed by atoms with E-state index in [1.165, 1.54) is 0 Å². The molecule has 0 aromatic heterocycles. The van der Waals surface area contributed by atoms with Crippen LogP contribution < -0.4 is 0 Å². The van der Waals surface area contributed by atoms with Crippen LogP contribution in [0.4, 0.5) is 0 Å². The van der Waals surface area contributed by atoms with Crippen LogP contribution in [0.2, 0.25) is 0 Å². The van der Waals surface area contributed by atoms with Gasteiger partial charge in [0, 0.05) is 0 Å². The number of hydrogen-bond acceptors (Lipinski definition) is 1. The Hall–Kier alpha value is -0.300. The van der Waals surface area contributed by atoms with Gasteiger partial charge in [-0.15, -0.1) is 0 Å². The molecule has 0 fully saturated rings. The van der Waals surface area contributed by atoms with Gasteiger partial charge in [-0.1, -0.05) is 6.08 Å². The molecule has 0 radical (unpaired) electrons. The second kappa shape index (κ2) is 2.31. The van der Waals surface area contributed by atoms with Gasteiger partial charge in [-0.2, -0.15) is 0 Å². The zero-order chi connectivity index (χ0) is 5.98. The van der Waals surface area contributed by atoms with Crippen LogP contribution in [0.5, 0.6) is 0 Å². The first-order valence-corrected chi connectivity index (χ1v) is 3.15. The SMILES string of the molecule is CC1=CCCCC1O. The molecule has 1 atom stereocenters. The van der Waals surface area contributed by atoms with Gasteiger partial charge in [0.25, 0.3) is 0 Å². The van der Waals surface area contributed by atoms with Crippen LogP contribution in [0, 0.1) is 0 Å². The van der Waals surface area contributed by atoms with Crippen molar-refractivity contribution in [2.24, 2.45) is 0 Å². The third kappa shape index (κ3) is 1.10. The Morgan fingerprint density at radius 3 is 2.88 bits per heavy atom. The Morgan fingerprint density at radius 1 is 1.75 bits per heavy atom. The van der Waals surface area contributed by atoms with Gasteiger partial charge in [0.2, 0.25) is 0 Å². The van der Waals surface area contributed by atoms with Crippen molar-refractivity contribution in [2.75, 3.05) is 0 Å². The lowest BCUT2D eigenvalue weighted by Crippen LogP contribution is -2.10. The largest absolute Gasteiger partial charge is 0.389 e. The molecule has 0 spiro atoms. The van der Waals surface area contributed by atoms with Crippen molar-refractivity contribution in [3.8, 4) is 0 Å². The summed E-state index contributed by atoms with van der Waals surface area (Å²) >= 11 is 0. The first-order chi connectivity index (χ1) is 3.80. The van der Waals surface area contributed by atoms with Crippen molar-refractivity contribution < 1.29 is 5.11 Å². The Bertz CT molecular complexity index is 105. The summed E-state index contributed by atoms with van der Waals surface area (Å²) < 4.78 is 0. The van der Waals surface area contributed by atoms with Crippen LogP contribution in [0.3, 0.4) is 0 Å². The molecule has 1 rings (SSSR count). The topological polar surface area (TPSA) is 20.2 Å². The predicted octanol–water partition coefficient (Wildman–Crippen LogP) is 1.48. The molecule has 0 aliphatic heterocycles. The monoisotopic (exact) mass is 112 g/mol. The van der Waals surface area contributed by atoms with E-state index in [0.29, 0.717) is 0 Å². The summed E-state index contributed by atoms with van der Waals surface area (Å²) in [5.41, 5.74) is 1.15. The molecule has 0 saturated heterocycles. The average Bonchev–Trinajstić information content (AvgIpc) is 1.77. The van der Waals surface area contributed by atoms with E-state index in [2.05, 4.69) is 6.08 Å². The highest BCUT2D eigenvalue weighted by molar-refractivity contribution is 5.07. The van der Waals surface area contributed by atoms with Gasteiger partial charge in [0.1, 0.15) is 0 Å². The van der Waals surface area contributed by atoms with E-state index in [9.17, 15) is 0 Å². The van der Waals surface area contributed by atoms with Crippen LogP contribution >= 0.6 is 0 Å². The summed E-state index contributed by atoms with van der Waals surface area (Å²) in [5.74, 6) is 0. The predicted molar refractivity (Wildman–Crippen MR) is 33.6 cm³/mol. The number of aliphatic hydroxyl groups excluding tert-OH is 1. The molecule has 46 valence electrons. The maximum atomic E-state index is 9.11. The van der Waals surface area contributed by atoms with Crippen molar-refractivity contribution in [2.45, 2.75) is 32.3 Å². The minimum Gasteiger partial charge on any atom is -0.389 e. The van der Waals surface area contributed by atoms with Gasteiger partial charge >= 0.3 is 0 Å². The molecule has 1 heteroatoms. The zero-order valence-corrected chi connectivity index (χ0v) is 5.22. The summed E-state index contributed by atoms with van der Waals surface area (Å²) in [4.78, 5) is 0. The number of hydrogen-bond donors (Lipinski definition) is 1. The highest BCUT2D eigenvalue weighted by Crippen LogP contribution is 2.16. The van der Waals surface area contributed by atoms with Gasteiger partial charge in [-0.05, 0) is 31.8 Å². The van der Waals surface area contributed by atoms with E-state index >= 15 is 0 Å². The third-order valence-corrected chi connectivity index (χ3v) is 1.67. The highest BCUT2D eigenvalue weighted by Gasteiger charge is 2.08. The molecular formula is C7H12O. The first-order valence-electron chi connectivity index (χ1n) is 3.15. The van der Waals surface area contributed by atoms with Gasteiger partial charge in [0.15, 0.2) is 0 Å². The third-order valence-electron chi connectivity index (χ3n) is 1.67. The quantitative estimate of drug-likeness (QED) is 0.470. The van der Waals surface area contributed by atoms with Crippen molar-refractivity contribution in [1.82, 2.24) is 0 Å². The summed E-state index contributed by atoms with van der Waals surface area (Å²) in [6.07, 6.45) is 5.25. The fourth-order valence-electron chi connectivity index (χ4n) is 1.00. The van der Waals surface area contributed by atoms with Crippen molar-refractivity contribution in [3.63, 3.8) is 0 Å². The van der Waals surface area contributed by atoms with Crippen LogP contribution in [0.15, 0.2) is 11.6 Å². The second-order valence-electron chi connectivity index (χ2n) is 2.39. The van der Waals surface area contributed by atoms with Crippen LogP contribution in [-0.4, -0.2) is 11.2 Å². The standard InChI is InChI=1S/C7H12O/c1-6-4-2-3-5-7(6)8/h4,7-8H,2-3,5H2,1H3. The lowest BCUT2D eigenvalue weighted by molar-refractivity contribution is 0.191. The van der Waals surface area contributed by atoms with Gasteiger partial charge in [0.05, 0.1) is 6.10 Å². The Labute approximate surface area is 50.0 Å². The number of rotatable bonds is 0. The molecule has 1 N–H and O–H groups in total. The smallest absolute Gasteiger partial charge is 0.0747 e. The van der Waals surface area contributed by atoms with E-state index in [1.54, 1.807) is 0 Å². The molecule has 1 nitrogen and oxygen atoms in total. The lowest BCUT2D eigenvalue weighted by Gasteiger charge is -2.14. The maximum absolute atomic E-state index is 9.11. The van der Waals surface area contributed by atoms with Crippen molar-refractivity contribution >= 4 is 0 Å². The molecule has 0 aromatic rings. The van der Waals surface area contributed by atoms with Gasteiger partial charge in [-0.25, -0.2) is 0 Å². The molecule has 0 bridgehead atoms. The van der Waals surface area contributed by atoms with Crippen molar-refractivity contribution in [1.29, 1.82) is 0 Å². The highest BCUT2D eigenvalue weighted by atomic mass is 16.3. The van der Waals surface area contributed by atoms with Gasteiger partial charge < -0.3 is 5.11 Å². The Morgan fingerprint density at radius 2 is 2.50 bits per heavy atom. The summed E-state index contributed by atoms with van der Waals surface area (Å²) in [7, 11) is 0. The van der Waals surface area contributed by atoms with Crippen LogP contribution in [0.25, 0.3) is 0 Å². The fourth-order valence-corrected chi connectivity index (χ4v) is 1.00. The van der Waals surface area contributed by atoms with Crippen LogP contribution in [-0.2, 0) is 0 Å². The molecule has 0 aromatic carbocycles. The average molecular weight is 112 g/mol. The normalized spacial score (nSPS) is 29.8. The van der Waals surface area contributed by atoms with Crippen molar-refractivity contribution in [3.05, 3.63) is 11.6 Å². The van der Waals surface area contributed by atoms with E-state index < -0.39 is 0 Å². The first kappa shape index (κ1) is 5.83. The zero-order valence-electron chi connectivity index (χ0n) is 5.22. The van der Waals surface area contributed by atoms with E-state index in [4.69, 9.17) is 5.11 Å². The minimum absolute atomic E-state index is 0.135. The Kier molecular flexibility index (Phi) is 1.69.